The van der Waals surface area contributed by atoms with E-state index in [0.29, 0.717) is 5.69 Å². The lowest BCUT2D eigenvalue weighted by atomic mass is 10.1. The normalized spacial score (nSPS) is 13.0. The van der Waals surface area contributed by atoms with Gasteiger partial charge in [0.05, 0.1) is 11.3 Å². The highest BCUT2D eigenvalue weighted by molar-refractivity contribution is 6.05. The number of ether oxygens (including phenoxy) is 1. The van der Waals surface area contributed by atoms with Gasteiger partial charge in [0.15, 0.2) is 6.61 Å². The number of hydrogen-bond acceptors (Lipinski definition) is 4. The lowest BCUT2D eigenvalue weighted by molar-refractivity contribution is -0.123. The van der Waals surface area contributed by atoms with Crippen LogP contribution in [0.1, 0.15) is 21.5 Å². The van der Waals surface area contributed by atoms with Crippen molar-refractivity contribution in [3.63, 3.8) is 0 Å². The molecule has 0 aromatic heterocycles. The van der Waals surface area contributed by atoms with Crippen molar-refractivity contribution in [2.24, 2.45) is 0 Å². The van der Waals surface area contributed by atoms with Crippen LogP contribution in [-0.2, 0) is 9.59 Å². The minimum absolute atomic E-state index is 0.0537. The Kier molecular flexibility index (Phi) is 4.62. The van der Waals surface area contributed by atoms with E-state index >= 15 is 0 Å². The van der Waals surface area contributed by atoms with Crippen LogP contribution in [0.3, 0.4) is 0 Å². The van der Waals surface area contributed by atoms with Gasteiger partial charge >= 0.3 is 5.97 Å². The molecule has 1 aliphatic rings. The van der Waals surface area contributed by atoms with E-state index < -0.39 is 5.97 Å². The number of carboxylic acid groups (broad SMARTS) is 1. The number of carbonyl (C=O) groups is 3. The van der Waals surface area contributed by atoms with Gasteiger partial charge in [-0.25, -0.2) is 4.79 Å². The third kappa shape index (κ3) is 3.37. The van der Waals surface area contributed by atoms with Crippen molar-refractivity contribution < 1.29 is 24.2 Å². The summed E-state index contributed by atoms with van der Waals surface area (Å²) in [5.74, 6) is -1.53. The summed E-state index contributed by atoms with van der Waals surface area (Å²) in [6.07, 6.45) is 0. The summed E-state index contributed by atoms with van der Waals surface area (Å²) in [5.41, 5.74) is 3.01. The molecule has 0 aliphatic carbocycles. The lowest BCUT2D eigenvalue weighted by Crippen LogP contribution is -2.43. The van der Waals surface area contributed by atoms with E-state index in [-0.39, 0.29) is 36.3 Å². The Balaban J connectivity index is 1.82. The van der Waals surface area contributed by atoms with E-state index in [0.717, 1.165) is 16.8 Å². The number of nitrogens with one attached hydrogen (secondary N) is 1. The summed E-state index contributed by atoms with van der Waals surface area (Å²) >= 11 is 0. The number of fused-ring (bicyclic) bond motifs is 1. The van der Waals surface area contributed by atoms with Crippen LogP contribution in [0.4, 0.5) is 11.4 Å². The predicted molar refractivity (Wildman–Crippen MR) is 95.8 cm³/mol. The number of nitrogens with zero attached hydrogens (tertiary/aromatic N) is 1. The molecule has 134 valence electrons. The number of para-hydroxylation sites is 1. The molecule has 0 saturated carbocycles. The second-order valence-corrected chi connectivity index (χ2v) is 6.07. The van der Waals surface area contributed by atoms with Gasteiger partial charge in [-0.1, -0.05) is 18.2 Å². The average molecular weight is 354 g/mol. The molecule has 0 unspecified atom stereocenters. The molecule has 26 heavy (non-hydrogen) atoms. The van der Waals surface area contributed by atoms with Crippen LogP contribution in [0.2, 0.25) is 0 Å². The topological polar surface area (TPSA) is 95.9 Å². The predicted octanol–water partition coefficient (Wildman–Crippen LogP) is 2.37. The summed E-state index contributed by atoms with van der Waals surface area (Å²) in [5, 5.41) is 11.9. The van der Waals surface area contributed by atoms with E-state index in [9.17, 15) is 14.4 Å². The zero-order chi connectivity index (χ0) is 18.8. The van der Waals surface area contributed by atoms with Gasteiger partial charge in [0.25, 0.3) is 5.91 Å². The van der Waals surface area contributed by atoms with E-state index in [1.807, 2.05) is 32.0 Å². The largest absolute Gasteiger partial charge is 0.482 e. The molecule has 3 rings (SSSR count). The van der Waals surface area contributed by atoms with Crippen LogP contribution >= 0.6 is 0 Å². The molecule has 1 heterocycles. The fourth-order valence-corrected chi connectivity index (χ4v) is 2.85. The van der Waals surface area contributed by atoms with Crippen molar-refractivity contribution >= 4 is 29.2 Å². The first-order chi connectivity index (χ1) is 12.4. The monoisotopic (exact) mass is 354 g/mol. The van der Waals surface area contributed by atoms with Gasteiger partial charge in [0.2, 0.25) is 5.91 Å². The Hall–Kier alpha value is -3.35. The van der Waals surface area contributed by atoms with Crippen molar-refractivity contribution in [2.45, 2.75) is 13.8 Å². The van der Waals surface area contributed by atoms with Crippen LogP contribution in [-0.4, -0.2) is 36.0 Å². The summed E-state index contributed by atoms with van der Waals surface area (Å²) < 4.78 is 5.31. The second-order valence-electron chi connectivity index (χ2n) is 6.07. The van der Waals surface area contributed by atoms with Gasteiger partial charge in [-0.05, 0) is 43.2 Å². The number of aryl methyl sites for hydroxylation is 2. The summed E-state index contributed by atoms with van der Waals surface area (Å²) in [4.78, 5) is 37.1. The summed E-state index contributed by atoms with van der Waals surface area (Å²) in [6.45, 7) is 3.36. The third-order valence-electron chi connectivity index (χ3n) is 4.20. The molecule has 7 heteroatoms. The Morgan fingerprint density at radius 3 is 2.54 bits per heavy atom. The van der Waals surface area contributed by atoms with Crippen LogP contribution in [0.25, 0.3) is 0 Å². The maximum Gasteiger partial charge on any atom is 0.335 e. The third-order valence-corrected chi connectivity index (χ3v) is 4.20. The lowest BCUT2D eigenvalue weighted by Gasteiger charge is -2.29. The Bertz CT molecular complexity index is 887. The molecule has 2 N–H and O–H groups in total. The molecule has 2 aromatic rings. The number of anilines is 2. The molecule has 0 saturated heterocycles. The average Bonchev–Trinajstić information content (AvgIpc) is 2.60. The Labute approximate surface area is 150 Å². The standard InChI is InChI=1S/C19H18N2O5/c1-11-4-3-5-12(2)18(11)20-16(22)9-21-14-7-6-13(19(24)25)8-15(14)26-10-17(21)23/h3-8H,9-10H2,1-2H3,(H,20,22)(H,24,25). The molecule has 0 bridgehead atoms. The van der Waals surface area contributed by atoms with Gasteiger partial charge in [-0.15, -0.1) is 0 Å². The van der Waals surface area contributed by atoms with E-state index in [2.05, 4.69) is 5.32 Å². The van der Waals surface area contributed by atoms with Crippen LogP contribution in [0.5, 0.6) is 5.75 Å². The Morgan fingerprint density at radius 1 is 1.19 bits per heavy atom. The first-order valence-corrected chi connectivity index (χ1v) is 8.03. The van der Waals surface area contributed by atoms with Gasteiger partial charge in [0.1, 0.15) is 12.3 Å². The van der Waals surface area contributed by atoms with E-state index in [1.165, 1.54) is 23.1 Å². The minimum Gasteiger partial charge on any atom is -0.482 e. The van der Waals surface area contributed by atoms with Gasteiger partial charge in [0, 0.05) is 5.69 Å². The van der Waals surface area contributed by atoms with Crippen LogP contribution < -0.4 is 15.0 Å². The van der Waals surface area contributed by atoms with Gasteiger partial charge in [-0.2, -0.15) is 0 Å². The van der Waals surface area contributed by atoms with Crippen molar-refractivity contribution in [2.75, 3.05) is 23.4 Å². The maximum atomic E-state index is 12.5. The maximum absolute atomic E-state index is 12.5. The number of carboxylic acids is 1. The molecule has 0 radical (unpaired) electrons. The molecular formula is C19H18N2O5. The number of hydrogen-bond donors (Lipinski definition) is 2. The highest BCUT2D eigenvalue weighted by Crippen LogP contribution is 2.33. The number of aromatic carboxylic acids is 1. The molecule has 2 amide bonds. The molecular weight excluding hydrogens is 336 g/mol. The van der Waals surface area contributed by atoms with Gasteiger partial charge in [-0.3, -0.25) is 14.5 Å². The summed E-state index contributed by atoms with van der Waals surface area (Å²) in [6, 6.07) is 9.89. The van der Waals surface area contributed by atoms with Crippen LogP contribution in [0, 0.1) is 13.8 Å². The summed E-state index contributed by atoms with van der Waals surface area (Å²) in [7, 11) is 0. The quantitative estimate of drug-likeness (QED) is 0.879. The Morgan fingerprint density at radius 2 is 1.88 bits per heavy atom. The first-order valence-electron chi connectivity index (χ1n) is 8.03. The van der Waals surface area contributed by atoms with Crippen molar-refractivity contribution in [3.05, 3.63) is 53.1 Å². The fourth-order valence-electron chi connectivity index (χ4n) is 2.85. The SMILES string of the molecule is Cc1cccc(C)c1NC(=O)CN1C(=O)COc2cc(C(=O)O)ccc21. The number of carbonyl (C=O) groups excluding carboxylic acids is 2. The highest BCUT2D eigenvalue weighted by atomic mass is 16.5. The molecule has 0 spiro atoms. The smallest absolute Gasteiger partial charge is 0.335 e. The van der Waals surface area contributed by atoms with Crippen LogP contribution in [0.15, 0.2) is 36.4 Å². The number of amides is 2. The molecule has 7 nitrogen and oxygen atoms in total. The fraction of sp³-hybridized carbons (Fsp3) is 0.211. The molecule has 0 fully saturated rings. The van der Waals surface area contributed by atoms with E-state index in [1.54, 1.807) is 0 Å². The second kappa shape index (κ2) is 6.87. The molecule has 1 aliphatic heterocycles. The minimum atomic E-state index is -1.09. The number of rotatable bonds is 4. The van der Waals surface area contributed by atoms with Crippen molar-refractivity contribution in [3.8, 4) is 5.75 Å². The highest BCUT2D eigenvalue weighted by Gasteiger charge is 2.28. The van der Waals surface area contributed by atoms with Crippen molar-refractivity contribution in [1.82, 2.24) is 0 Å². The first kappa shape index (κ1) is 17.5. The molecule has 0 atom stereocenters. The zero-order valence-electron chi connectivity index (χ0n) is 14.4. The zero-order valence-corrected chi connectivity index (χ0v) is 14.4. The van der Waals surface area contributed by atoms with Crippen molar-refractivity contribution in [1.29, 1.82) is 0 Å². The number of benzene rings is 2. The van der Waals surface area contributed by atoms with Gasteiger partial charge < -0.3 is 15.2 Å². The molecule has 2 aromatic carbocycles. The van der Waals surface area contributed by atoms with E-state index in [4.69, 9.17) is 9.84 Å².